The number of carbonyl (C=O) groups is 2. The topological polar surface area (TPSA) is 74.3 Å². The first kappa shape index (κ1) is 25.4. The zero-order valence-electron chi connectivity index (χ0n) is 21.6. The van der Waals surface area contributed by atoms with Crippen molar-refractivity contribution >= 4 is 17.5 Å². The molecule has 3 unspecified atom stereocenters. The van der Waals surface area contributed by atoms with Crippen LogP contribution in [0.25, 0.3) is 0 Å². The van der Waals surface area contributed by atoms with E-state index >= 15 is 0 Å². The molecule has 0 radical (unpaired) electrons. The summed E-state index contributed by atoms with van der Waals surface area (Å²) in [6, 6.07) is 11.2. The van der Waals surface area contributed by atoms with Gasteiger partial charge in [-0.15, -0.1) is 0 Å². The molecule has 2 amide bonds. The van der Waals surface area contributed by atoms with Crippen molar-refractivity contribution in [3.8, 4) is 0 Å². The zero-order chi connectivity index (χ0) is 25.0. The summed E-state index contributed by atoms with van der Waals surface area (Å²) in [5, 5.41) is 6.70. The molecular formula is C29H40N4O2. The smallest absolute Gasteiger partial charge is 0.248 e. The molecule has 0 spiro atoms. The SMILES string of the molecule is CC1CCC(C(=O)N(c2ccc(C(C)(C)C)cc2)C(C(=O)NC2CCCCC2)c2cccnc2)N1. The van der Waals surface area contributed by atoms with Crippen LogP contribution >= 0.6 is 0 Å². The predicted molar refractivity (Wildman–Crippen MR) is 140 cm³/mol. The lowest BCUT2D eigenvalue weighted by Gasteiger charge is -2.35. The number of pyridine rings is 1. The van der Waals surface area contributed by atoms with Gasteiger partial charge >= 0.3 is 0 Å². The molecule has 1 saturated heterocycles. The lowest BCUT2D eigenvalue weighted by Crippen LogP contribution is -2.52. The number of anilines is 1. The molecule has 1 aromatic carbocycles. The summed E-state index contributed by atoms with van der Waals surface area (Å²) < 4.78 is 0. The van der Waals surface area contributed by atoms with Crippen LogP contribution in [0.1, 0.15) is 89.8 Å². The molecule has 35 heavy (non-hydrogen) atoms. The average molecular weight is 477 g/mol. The van der Waals surface area contributed by atoms with E-state index in [1.807, 2.05) is 24.3 Å². The first-order valence-electron chi connectivity index (χ1n) is 13.1. The van der Waals surface area contributed by atoms with Gasteiger partial charge in [0, 0.05) is 35.7 Å². The van der Waals surface area contributed by atoms with Crippen molar-refractivity contribution in [1.82, 2.24) is 15.6 Å². The van der Waals surface area contributed by atoms with E-state index in [1.54, 1.807) is 17.3 Å². The maximum atomic E-state index is 14.0. The van der Waals surface area contributed by atoms with Gasteiger partial charge in [-0.25, -0.2) is 0 Å². The minimum Gasteiger partial charge on any atom is -0.351 e. The highest BCUT2D eigenvalue weighted by Gasteiger charge is 2.39. The van der Waals surface area contributed by atoms with Crippen LogP contribution in [0.15, 0.2) is 48.8 Å². The molecule has 6 heteroatoms. The van der Waals surface area contributed by atoms with Crippen LogP contribution in [0.5, 0.6) is 0 Å². The molecule has 4 rings (SSSR count). The fourth-order valence-electron chi connectivity index (χ4n) is 5.30. The predicted octanol–water partition coefficient (Wildman–Crippen LogP) is 5.04. The number of amides is 2. The van der Waals surface area contributed by atoms with Gasteiger partial charge in [0.2, 0.25) is 11.8 Å². The standard InChI is InChI=1S/C29H40N4O2/c1-20-12-17-25(31-20)28(35)33(24-15-13-22(14-16-24)29(2,3)4)26(21-9-8-18-30-19-21)27(34)32-23-10-6-5-7-11-23/h8-9,13-16,18-20,23,25-26,31H,5-7,10-12,17H2,1-4H3,(H,32,34). The minimum absolute atomic E-state index is 0.00306. The van der Waals surface area contributed by atoms with Gasteiger partial charge in [0.25, 0.3) is 0 Å². The molecule has 2 aliphatic rings. The zero-order valence-corrected chi connectivity index (χ0v) is 21.6. The van der Waals surface area contributed by atoms with Crippen LogP contribution < -0.4 is 15.5 Å². The Kier molecular flexibility index (Phi) is 7.90. The van der Waals surface area contributed by atoms with Crippen LogP contribution in [0.2, 0.25) is 0 Å². The highest BCUT2D eigenvalue weighted by molar-refractivity contribution is 6.04. The van der Waals surface area contributed by atoms with Gasteiger partial charge in [-0.3, -0.25) is 19.5 Å². The summed E-state index contributed by atoms with van der Waals surface area (Å²) in [5.41, 5.74) is 2.64. The fraction of sp³-hybridized carbons (Fsp3) is 0.552. The van der Waals surface area contributed by atoms with E-state index in [2.05, 4.69) is 55.4 Å². The second-order valence-electron chi connectivity index (χ2n) is 11.2. The number of carbonyl (C=O) groups excluding carboxylic acids is 2. The number of aromatic nitrogens is 1. The van der Waals surface area contributed by atoms with Crippen molar-refractivity contribution in [3.63, 3.8) is 0 Å². The molecule has 1 saturated carbocycles. The number of benzene rings is 1. The Balaban J connectivity index is 1.74. The Morgan fingerprint density at radius 3 is 2.31 bits per heavy atom. The highest BCUT2D eigenvalue weighted by Crippen LogP contribution is 2.32. The quantitative estimate of drug-likeness (QED) is 0.612. The summed E-state index contributed by atoms with van der Waals surface area (Å²) in [7, 11) is 0. The van der Waals surface area contributed by atoms with Crippen LogP contribution in [0, 0.1) is 0 Å². The molecule has 188 valence electrons. The second-order valence-corrected chi connectivity index (χ2v) is 11.2. The summed E-state index contributed by atoms with van der Waals surface area (Å²) in [6.45, 7) is 8.62. The maximum Gasteiger partial charge on any atom is 0.248 e. The largest absolute Gasteiger partial charge is 0.351 e. The highest BCUT2D eigenvalue weighted by atomic mass is 16.2. The number of rotatable bonds is 6. The third kappa shape index (κ3) is 6.10. The van der Waals surface area contributed by atoms with Crippen LogP contribution in [-0.4, -0.2) is 34.9 Å². The molecule has 6 nitrogen and oxygen atoms in total. The van der Waals surface area contributed by atoms with E-state index in [0.717, 1.165) is 49.8 Å². The van der Waals surface area contributed by atoms with Gasteiger partial charge in [0.15, 0.2) is 0 Å². The molecule has 1 aliphatic heterocycles. The molecule has 1 aromatic heterocycles. The number of hydrogen-bond acceptors (Lipinski definition) is 4. The molecule has 2 fully saturated rings. The Morgan fingerprint density at radius 2 is 1.74 bits per heavy atom. The average Bonchev–Trinajstić information content (AvgIpc) is 3.29. The first-order valence-corrected chi connectivity index (χ1v) is 13.1. The molecule has 3 atom stereocenters. The fourth-order valence-corrected chi connectivity index (χ4v) is 5.30. The third-order valence-electron chi connectivity index (χ3n) is 7.38. The third-order valence-corrected chi connectivity index (χ3v) is 7.38. The van der Waals surface area contributed by atoms with Gasteiger partial charge in [0.05, 0.1) is 6.04 Å². The Morgan fingerprint density at radius 1 is 1.03 bits per heavy atom. The molecule has 2 heterocycles. The van der Waals surface area contributed by atoms with Crippen molar-refractivity contribution in [3.05, 3.63) is 59.9 Å². The maximum absolute atomic E-state index is 14.0. The van der Waals surface area contributed by atoms with Crippen molar-refractivity contribution in [2.24, 2.45) is 0 Å². The minimum atomic E-state index is -0.781. The summed E-state index contributed by atoms with van der Waals surface area (Å²) >= 11 is 0. The lowest BCUT2D eigenvalue weighted by molar-refractivity contribution is -0.128. The second kappa shape index (κ2) is 10.9. The van der Waals surface area contributed by atoms with Gasteiger partial charge in [-0.2, -0.15) is 0 Å². The summed E-state index contributed by atoms with van der Waals surface area (Å²) in [4.78, 5) is 33.9. The number of nitrogens with zero attached hydrogens (tertiary/aromatic N) is 2. The Labute approximate surface area is 209 Å². The van der Waals surface area contributed by atoms with E-state index in [0.29, 0.717) is 0 Å². The number of nitrogens with one attached hydrogen (secondary N) is 2. The van der Waals surface area contributed by atoms with E-state index in [9.17, 15) is 9.59 Å². The molecule has 1 aliphatic carbocycles. The molecule has 2 N–H and O–H groups in total. The van der Waals surface area contributed by atoms with Crippen LogP contribution in [-0.2, 0) is 15.0 Å². The monoisotopic (exact) mass is 476 g/mol. The Bertz CT molecular complexity index is 994. The van der Waals surface area contributed by atoms with E-state index in [1.165, 1.54) is 12.0 Å². The van der Waals surface area contributed by atoms with Crippen molar-refractivity contribution in [2.75, 3.05) is 4.90 Å². The normalized spacial score (nSPS) is 21.9. The summed E-state index contributed by atoms with van der Waals surface area (Å²) in [6.07, 6.45) is 10.6. The van der Waals surface area contributed by atoms with E-state index in [-0.39, 0.29) is 35.4 Å². The molecule has 0 bridgehead atoms. The van der Waals surface area contributed by atoms with Crippen molar-refractivity contribution in [2.45, 2.75) is 102 Å². The van der Waals surface area contributed by atoms with Gasteiger partial charge in [0.1, 0.15) is 6.04 Å². The van der Waals surface area contributed by atoms with Gasteiger partial charge < -0.3 is 10.6 Å². The molecular weight excluding hydrogens is 436 g/mol. The van der Waals surface area contributed by atoms with Crippen LogP contribution in [0.4, 0.5) is 5.69 Å². The Hall–Kier alpha value is -2.73. The van der Waals surface area contributed by atoms with Crippen molar-refractivity contribution in [1.29, 1.82) is 0 Å². The van der Waals surface area contributed by atoms with Crippen molar-refractivity contribution < 1.29 is 9.59 Å². The van der Waals surface area contributed by atoms with Crippen LogP contribution in [0.3, 0.4) is 0 Å². The van der Waals surface area contributed by atoms with E-state index in [4.69, 9.17) is 0 Å². The summed E-state index contributed by atoms with van der Waals surface area (Å²) in [5.74, 6) is -0.199. The molecule has 2 aromatic rings. The first-order chi connectivity index (χ1) is 16.7. The number of hydrogen-bond donors (Lipinski definition) is 2. The lowest BCUT2D eigenvalue weighted by atomic mass is 9.87. The van der Waals surface area contributed by atoms with Gasteiger partial charge in [-0.05, 0) is 61.8 Å². The van der Waals surface area contributed by atoms with E-state index < -0.39 is 6.04 Å². The van der Waals surface area contributed by atoms with Gasteiger partial charge in [-0.1, -0.05) is 58.2 Å².